The molecule has 0 spiro atoms. The third kappa shape index (κ3) is 3.27. The molecular weight excluding hydrogens is 396 g/mol. The molecule has 1 aromatic rings. The maximum Gasteiger partial charge on any atom is 0.262 e. The van der Waals surface area contributed by atoms with Gasteiger partial charge in [0, 0.05) is 18.4 Å². The summed E-state index contributed by atoms with van der Waals surface area (Å²) in [5, 5.41) is 12.7. The Bertz CT molecular complexity index is 526. The van der Waals surface area contributed by atoms with Crippen LogP contribution in [0.1, 0.15) is 6.92 Å². The van der Waals surface area contributed by atoms with Crippen LogP contribution < -0.4 is 5.32 Å². The fourth-order valence-corrected chi connectivity index (χ4v) is 3.74. The molecule has 1 aliphatic heterocycles. The molecule has 1 fully saturated rings. The van der Waals surface area contributed by atoms with Gasteiger partial charge in [0.1, 0.15) is 5.75 Å². The van der Waals surface area contributed by atoms with Crippen molar-refractivity contribution in [2.75, 3.05) is 17.7 Å². The molecule has 0 unspecified atom stereocenters. The Balaban J connectivity index is 2.13. The van der Waals surface area contributed by atoms with Crippen molar-refractivity contribution >= 4 is 55.2 Å². The van der Waals surface area contributed by atoms with Crippen LogP contribution in [0.25, 0.3) is 0 Å². The first-order valence-electron chi connectivity index (χ1n) is 5.59. The number of phenolic OH excluding ortho intramolecular Hbond substituents is 1. The van der Waals surface area contributed by atoms with Crippen molar-refractivity contribution in [2.45, 2.75) is 6.92 Å². The Kier molecular flexibility index (Phi) is 4.81. The molecule has 1 heterocycles. The molecular formula is C12H12Br2N2O2S. The Labute approximate surface area is 132 Å². The van der Waals surface area contributed by atoms with Crippen LogP contribution >= 0.6 is 43.6 Å². The third-order valence-corrected chi connectivity index (χ3v) is 4.90. The molecule has 0 bridgehead atoms. The summed E-state index contributed by atoms with van der Waals surface area (Å²) >= 11 is 8.04. The summed E-state index contributed by atoms with van der Waals surface area (Å²) in [7, 11) is 0. The van der Waals surface area contributed by atoms with Gasteiger partial charge in [0.15, 0.2) is 0 Å². The quantitative estimate of drug-likeness (QED) is 0.592. The molecule has 0 radical (unpaired) electrons. The fourth-order valence-electron chi connectivity index (χ4n) is 1.56. The minimum Gasteiger partial charge on any atom is -0.506 e. The van der Waals surface area contributed by atoms with Gasteiger partial charge in [0.05, 0.1) is 19.7 Å². The number of likely N-dealkylation sites (N-methyl/N-ethyl adjacent to an activating group) is 1. The SMILES string of the molecule is CCN1CSC(=CNc2cc(Br)c(O)c(Br)c2)C1=O. The molecule has 4 nitrogen and oxygen atoms in total. The van der Waals surface area contributed by atoms with Crippen LogP contribution in [-0.2, 0) is 4.79 Å². The number of nitrogens with zero attached hydrogens (tertiary/aromatic N) is 1. The van der Waals surface area contributed by atoms with Crippen molar-refractivity contribution in [1.82, 2.24) is 4.90 Å². The highest BCUT2D eigenvalue weighted by molar-refractivity contribution is 9.11. The maximum atomic E-state index is 11.9. The number of carbonyl (C=O) groups excluding carboxylic acids is 1. The highest BCUT2D eigenvalue weighted by Crippen LogP contribution is 2.35. The second kappa shape index (κ2) is 6.19. The van der Waals surface area contributed by atoms with Crippen LogP contribution in [0.4, 0.5) is 5.69 Å². The predicted molar refractivity (Wildman–Crippen MR) is 85.1 cm³/mol. The first kappa shape index (κ1) is 14.7. The van der Waals surface area contributed by atoms with Gasteiger partial charge in [-0.2, -0.15) is 0 Å². The van der Waals surface area contributed by atoms with Crippen molar-refractivity contribution < 1.29 is 9.90 Å². The van der Waals surface area contributed by atoms with E-state index in [1.807, 2.05) is 6.92 Å². The van der Waals surface area contributed by atoms with E-state index in [4.69, 9.17) is 0 Å². The zero-order valence-electron chi connectivity index (χ0n) is 10.1. The number of rotatable bonds is 3. The summed E-state index contributed by atoms with van der Waals surface area (Å²) in [5.41, 5.74) is 0.785. The number of carbonyl (C=O) groups is 1. The van der Waals surface area contributed by atoms with E-state index in [2.05, 4.69) is 37.2 Å². The van der Waals surface area contributed by atoms with E-state index in [0.29, 0.717) is 19.7 Å². The third-order valence-electron chi connectivity index (χ3n) is 2.64. The molecule has 0 aromatic heterocycles. The van der Waals surface area contributed by atoms with E-state index in [1.165, 1.54) is 11.8 Å². The molecule has 19 heavy (non-hydrogen) atoms. The molecule has 1 saturated heterocycles. The average Bonchev–Trinajstić information content (AvgIpc) is 2.74. The number of phenols is 1. The fraction of sp³-hybridized carbons (Fsp3) is 0.250. The molecule has 2 N–H and O–H groups in total. The molecule has 1 aliphatic rings. The van der Waals surface area contributed by atoms with Crippen LogP contribution in [0, 0.1) is 0 Å². The monoisotopic (exact) mass is 406 g/mol. The van der Waals surface area contributed by atoms with Crippen LogP contribution in [0.2, 0.25) is 0 Å². The summed E-state index contributed by atoms with van der Waals surface area (Å²) in [6.07, 6.45) is 1.70. The van der Waals surface area contributed by atoms with Gasteiger partial charge in [-0.3, -0.25) is 4.79 Å². The van der Waals surface area contributed by atoms with Gasteiger partial charge in [-0.1, -0.05) is 11.8 Å². The maximum absolute atomic E-state index is 11.9. The summed E-state index contributed by atoms with van der Waals surface area (Å²) in [6, 6.07) is 3.50. The van der Waals surface area contributed by atoms with Crippen LogP contribution in [0.3, 0.4) is 0 Å². The lowest BCUT2D eigenvalue weighted by Gasteiger charge is -2.09. The van der Waals surface area contributed by atoms with Crippen molar-refractivity contribution in [1.29, 1.82) is 0 Å². The van der Waals surface area contributed by atoms with Crippen molar-refractivity contribution in [3.8, 4) is 5.75 Å². The molecule has 0 saturated carbocycles. The molecule has 1 aromatic carbocycles. The van der Waals surface area contributed by atoms with E-state index in [-0.39, 0.29) is 11.7 Å². The number of hydrogen-bond donors (Lipinski definition) is 2. The topological polar surface area (TPSA) is 52.6 Å². The first-order valence-corrected chi connectivity index (χ1v) is 8.17. The van der Waals surface area contributed by atoms with E-state index < -0.39 is 0 Å². The highest BCUT2D eigenvalue weighted by Gasteiger charge is 2.25. The molecule has 2 rings (SSSR count). The van der Waals surface area contributed by atoms with Gasteiger partial charge in [0.25, 0.3) is 5.91 Å². The molecule has 1 amide bonds. The number of amides is 1. The standard InChI is InChI=1S/C12H12Br2N2O2S/c1-2-16-6-19-10(12(16)18)5-15-7-3-8(13)11(17)9(14)4-7/h3-5,15,17H,2,6H2,1H3. The molecule has 0 atom stereocenters. The number of thioether (sulfide) groups is 1. The van der Waals surface area contributed by atoms with Crippen molar-refractivity contribution in [3.05, 3.63) is 32.2 Å². The summed E-state index contributed by atoms with van der Waals surface area (Å²) in [5.74, 6) is 0.907. The summed E-state index contributed by atoms with van der Waals surface area (Å²) < 4.78 is 1.17. The van der Waals surface area contributed by atoms with Gasteiger partial charge < -0.3 is 15.3 Å². The van der Waals surface area contributed by atoms with Crippen LogP contribution in [0.5, 0.6) is 5.75 Å². The van der Waals surface area contributed by atoms with Gasteiger partial charge >= 0.3 is 0 Å². The summed E-state index contributed by atoms with van der Waals surface area (Å²) in [4.78, 5) is 14.4. The largest absolute Gasteiger partial charge is 0.506 e. The van der Waals surface area contributed by atoms with E-state index in [0.717, 1.165) is 12.2 Å². The van der Waals surface area contributed by atoms with Gasteiger partial charge in [0.2, 0.25) is 0 Å². The zero-order chi connectivity index (χ0) is 14.0. The lowest BCUT2D eigenvalue weighted by atomic mass is 10.3. The number of benzene rings is 1. The number of hydrogen-bond acceptors (Lipinski definition) is 4. The normalized spacial score (nSPS) is 17.3. The number of halogens is 2. The summed E-state index contributed by atoms with van der Waals surface area (Å²) in [6.45, 7) is 2.68. The zero-order valence-corrected chi connectivity index (χ0v) is 14.1. The predicted octanol–water partition coefficient (Wildman–Crippen LogP) is 3.72. The van der Waals surface area contributed by atoms with Crippen molar-refractivity contribution in [3.63, 3.8) is 0 Å². The van der Waals surface area contributed by atoms with E-state index in [1.54, 1.807) is 23.2 Å². The lowest BCUT2D eigenvalue weighted by Crippen LogP contribution is -2.24. The van der Waals surface area contributed by atoms with E-state index in [9.17, 15) is 9.90 Å². The Morgan fingerprint density at radius 2 is 2.11 bits per heavy atom. The molecule has 0 aliphatic carbocycles. The molecule has 102 valence electrons. The first-order chi connectivity index (χ1) is 9.02. The van der Waals surface area contributed by atoms with Gasteiger partial charge in [-0.25, -0.2) is 0 Å². The van der Waals surface area contributed by atoms with Gasteiger partial charge in [-0.15, -0.1) is 0 Å². The van der Waals surface area contributed by atoms with E-state index >= 15 is 0 Å². The number of anilines is 1. The van der Waals surface area contributed by atoms with Crippen LogP contribution in [0.15, 0.2) is 32.2 Å². The average molecular weight is 408 g/mol. The second-order valence-corrected chi connectivity index (χ2v) is 6.57. The number of aromatic hydroxyl groups is 1. The van der Waals surface area contributed by atoms with Crippen molar-refractivity contribution in [2.24, 2.45) is 0 Å². The van der Waals surface area contributed by atoms with Crippen LogP contribution in [-0.4, -0.2) is 28.3 Å². The highest BCUT2D eigenvalue weighted by atomic mass is 79.9. The second-order valence-electron chi connectivity index (χ2n) is 3.88. The van der Waals surface area contributed by atoms with Gasteiger partial charge in [-0.05, 0) is 50.9 Å². The minimum absolute atomic E-state index is 0.0527. The smallest absolute Gasteiger partial charge is 0.262 e. The Morgan fingerprint density at radius 1 is 1.47 bits per heavy atom. The Morgan fingerprint density at radius 3 is 2.63 bits per heavy atom. The molecule has 7 heteroatoms. The number of nitrogens with one attached hydrogen (secondary N) is 1. The minimum atomic E-state index is 0.0527. The Hall–Kier alpha value is -0.660. The lowest BCUT2D eigenvalue weighted by molar-refractivity contribution is -0.124.